The first-order valence-corrected chi connectivity index (χ1v) is 10.7. The van der Waals surface area contributed by atoms with Crippen molar-refractivity contribution in [2.45, 2.75) is 4.90 Å². The van der Waals surface area contributed by atoms with Crippen molar-refractivity contribution in [1.29, 1.82) is 0 Å². The van der Waals surface area contributed by atoms with Gasteiger partial charge in [-0.1, -0.05) is 12.1 Å². The maximum atomic E-state index is 12.6. The van der Waals surface area contributed by atoms with E-state index >= 15 is 0 Å². The summed E-state index contributed by atoms with van der Waals surface area (Å²) in [6, 6.07) is 14.4. The number of pyridine rings is 1. The average Bonchev–Trinajstić information content (AvgIpc) is 3.20. The number of ether oxygens (including phenoxy) is 1. The van der Waals surface area contributed by atoms with E-state index in [1.807, 2.05) is 30.3 Å². The first-order valence-electron chi connectivity index (χ1n) is 9.27. The van der Waals surface area contributed by atoms with Gasteiger partial charge in [0.15, 0.2) is 0 Å². The molecule has 0 aliphatic carbocycles. The Labute approximate surface area is 168 Å². The molecule has 0 saturated carbocycles. The molecule has 0 aliphatic rings. The fourth-order valence-corrected chi connectivity index (χ4v) is 4.34. The minimum atomic E-state index is -3.60. The number of nitrogens with one attached hydrogen (secondary N) is 2. The topological polar surface area (TPSA) is 93.5 Å². The maximum absolute atomic E-state index is 12.6. The molecule has 0 radical (unpaired) electrons. The van der Waals surface area contributed by atoms with Gasteiger partial charge in [0, 0.05) is 48.2 Å². The van der Waals surface area contributed by atoms with Crippen LogP contribution in [0.4, 0.5) is 0 Å². The van der Waals surface area contributed by atoms with E-state index in [1.165, 1.54) is 0 Å². The van der Waals surface area contributed by atoms with Crippen molar-refractivity contribution in [3.8, 4) is 5.75 Å². The maximum Gasteiger partial charge on any atom is 0.241 e. The Morgan fingerprint density at radius 3 is 2.86 bits per heavy atom. The summed E-state index contributed by atoms with van der Waals surface area (Å²) in [7, 11) is -3.60. The normalized spacial score (nSPS) is 11.9. The smallest absolute Gasteiger partial charge is 0.241 e. The largest absolute Gasteiger partial charge is 0.492 e. The van der Waals surface area contributed by atoms with Crippen LogP contribution in [0.5, 0.6) is 5.75 Å². The number of benzene rings is 2. The standard InChI is InChI=1S/C21H21N3O4S/c25-29(26,21-3-1-2-17-15-23-8-6-19(17)21)24-10-9-22-11-13-27-18-4-5-20-16(14-18)7-12-28-20/h1-8,12,14-15,22,24H,9-11,13H2. The molecule has 0 amide bonds. The molecule has 0 bridgehead atoms. The highest BCUT2D eigenvalue weighted by atomic mass is 32.2. The molecule has 0 atom stereocenters. The Balaban J connectivity index is 1.22. The molecule has 4 aromatic rings. The number of sulfonamides is 1. The van der Waals surface area contributed by atoms with Gasteiger partial charge >= 0.3 is 0 Å². The Bertz CT molecular complexity index is 1220. The minimum Gasteiger partial charge on any atom is -0.492 e. The fourth-order valence-electron chi connectivity index (χ4n) is 3.08. The zero-order valence-corrected chi connectivity index (χ0v) is 16.5. The second-order valence-corrected chi connectivity index (χ2v) is 8.20. The number of hydrogen-bond acceptors (Lipinski definition) is 6. The lowest BCUT2D eigenvalue weighted by Crippen LogP contribution is -2.33. The summed E-state index contributed by atoms with van der Waals surface area (Å²) in [4.78, 5) is 4.29. The van der Waals surface area contributed by atoms with E-state index in [1.54, 1.807) is 36.9 Å². The molecule has 2 heterocycles. The van der Waals surface area contributed by atoms with Gasteiger partial charge in [-0.15, -0.1) is 0 Å². The van der Waals surface area contributed by atoms with Gasteiger partial charge in [0.1, 0.15) is 17.9 Å². The van der Waals surface area contributed by atoms with Gasteiger partial charge in [0.05, 0.1) is 11.2 Å². The summed E-state index contributed by atoms with van der Waals surface area (Å²) < 4.78 is 38.9. The first kappa shape index (κ1) is 19.4. The van der Waals surface area contributed by atoms with Crippen LogP contribution < -0.4 is 14.8 Å². The van der Waals surface area contributed by atoms with Crippen LogP contribution in [0.3, 0.4) is 0 Å². The van der Waals surface area contributed by atoms with E-state index < -0.39 is 10.0 Å². The molecular formula is C21H21N3O4S. The van der Waals surface area contributed by atoms with Crippen LogP contribution in [0, 0.1) is 0 Å². The SMILES string of the molecule is O=S(=O)(NCCNCCOc1ccc2occc2c1)c1cccc2cnccc12. The molecule has 0 aliphatic heterocycles. The molecule has 2 N–H and O–H groups in total. The van der Waals surface area contributed by atoms with Crippen molar-refractivity contribution in [3.63, 3.8) is 0 Å². The highest BCUT2D eigenvalue weighted by Crippen LogP contribution is 2.22. The summed E-state index contributed by atoms with van der Waals surface area (Å²) in [5, 5.41) is 5.61. The number of nitrogens with zero attached hydrogens (tertiary/aromatic N) is 1. The second-order valence-electron chi connectivity index (χ2n) is 6.47. The van der Waals surface area contributed by atoms with E-state index in [2.05, 4.69) is 15.0 Å². The highest BCUT2D eigenvalue weighted by molar-refractivity contribution is 7.89. The number of aromatic nitrogens is 1. The van der Waals surface area contributed by atoms with Crippen molar-refractivity contribution in [2.75, 3.05) is 26.2 Å². The predicted molar refractivity (Wildman–Crippen MR) is 112 cm³/mol. The second kappa shape index (κ2) is 8.60. The lowest BCUT2D eigenvalue weighted by Gasteiger charge is -2.10. The molecule has 8 heteroatoms. The zero-order chi connectivity index (χ0) is 20.1. The van der Waals surface area contributed by atoms with Crippen molar-refractivity contribution in [1.82, 2.24) is 15.0 Å². The summed E-state index contributed by atoms with van der Waals surface area (Å²) in [5.74, 6) is 0.770. The van der Waals surface area contributed by atoms with E-state index in [0.717, 1.165) is 22.1 Å². The van der Waals surface area contributed by atoms with Crippen molar-refractivity contribution in [2.24, 2.45) is 0 Å². The molecule has 0 saturated heterocycles. The van der Waals surface area contributed by atoms with Crippen molar-refractivity contribution in [3.05, 3.63) is 67.2 Å². The van der Waals surface area contributed by atoms with Crippen molar-refractivity contribution >= 4 is 31.8 Å². The number of furan rings is 1. The van der Waals surface area contributed by atoms with Gasteiger partial charge in [-0.2, -0.15) is 0 Å². The van der Waals surface area contributed by atoms with Gasteiger partial charge in [-0.3, -0.25) is 4.98 Å². The lowest BCUT2D eigenvalue weighted by molar-refractivity contribution is 0.315. The van der Waals surface area contributed by atoms with Gasteiger partial charge in [-0.05, 0) is 36.4 Å². The molecule has 0 spiro atoms. The van der Waals surface area contributed by atoms with Crippen LogP contribution in [-0.2, 0) is 10.0 Å². The van der Waals surface area contributed by atoms with E-state index in [9.17, 15) is 8.42 Å². The molecule has 0 fully saturated rings. The van der Waals surface area contributed by atoms with E-state index in [0.29, 0.717) is 25.1 Å². The Kier molecular flexibility index (Phi) is 5.75. The van der Waals surface area contributed by atoms with Crippen molar-refractivity contribution < 1.29 is 17.6 Å². The summed E-state index contributed by atoms with van der Waals surface area (Å²) >= 11 is 0. The molecule has 7 nitrogen and oxygen atoms in total. The molecular weight excluding hydrogens is 390 g/mol. The Morgan fingerprint density at radius 2 is 1.93 bits per heavy atom. The van der Waals surface area contributed by atoms with Crippen LogP contribution in [0.1, 0.15) is 0 Å². The van der Waals surface area contributed by atoms with Gasteiger partial charge in [0.25, 0.3) is 0 Å². The number of fused-ring (bicyclic) bond motifs is 2. The molecule has 2 aromatic carbocycles. The third-order valence-corrected chi connectivity index (χ3v) is 6.01. The van der Waals surface area contributed by atoms with E-state index in [-0.39, 0.29) is 11.4 Å². The van der Waals surface area contributed by atoms with Crippen LogP contribution >= 0.6 is 0 Å². The summed E-state index contributed by atoms with van der Waals surface area (Å²) in [6.07, 6.45) is 4.89. The highest BCUT2D eigenvalue weighted by Gasteiger charge is 2.16. The third kappa shape index (κ3) is 4.56. The van der Waals surface area contributed by atoms with E-state index in [4.69, 9.17) is 9.15 Å². The van der Waals surface area contributed by atoms with Crippen LogP contribution in [0.15, 0.2) is 76.5 Å². The molecule has 29 heavy (non-hydrogen) atoms. The van der Waals surface area contributed by atoms with Crippen LogP contribution in [0.2, 0.25) is 0 Å². The zero-order valence-electron chi connectivity index (χ0n) is 15.7. The number of hydrogen-bond donors (Lipinski definition) is 2. The molecule has 0 unspecified atom stereocenters. The Hall–Kier alpha value is -2.94. The van der Waals surface area contributed by atoms with Gasteiger partial charge in [-0.25, -0.2) is 13.1 Å². The summed E-state index contributed by atoms with van der Waals surface area (Å²) in [5.41, 5.74) is 0.824. The monoisotopic (exact) mass is 411 g/mol. The average molecular weight is 411 g/mol. The first-order chi connectivity index (χ1) is 14.1. The predicted octanol–water partition coefficient (Wildman–Crippen LogP) is 2.93. The minimum absolute atomic E-state index is 0.260. The Morgan fingerprint density at radius 1 is 1.00 bits per heavy atom. The number of rotatable bonds is 9. The quantitative estimate of drug-likeness (QED) is 0.411. The molecule has 2 aromatic heterocycles. The van der Waals surface area contributed by atoms with Gasteiger partial charge < -0.3 is 14.5 Å². The molecule has 150 valence electrons. The fraction of sp³-hybridized carbons (Fsp3) is 0.190. The van der Waals surface area contributed by atoms with Crippen LogP contribution in [0.25, 0.3) is 21.7 Å². The summed E-state index contributed by atoms with van der Waals surface area (Å²) in [6.45, 7) is 1.86. The van der Waals surface area contributed by atoms with Gasteiger partial charge in [0.2, 0.25) is 10.0 Å². The third-order valence-electron chi connectivity index (χ3n) is 4.50. The van der Waals surface area contributed by atoms with Crippen LogP contribution in [-0.4, -0.2) is 39.6 Å². The molecule has 4 rings (SSSR count). The lowest BCUT2D eigenvalue weighted by atomic mass is 10.2.